The average molecular weight is 692 g/mol. The second-order valence-corrected chi connectivity index (χ2v) is 12.2. The van der Waals surface area contributed by atoms with Gasteiger partial charge in [-0.25, -0.2) is 0 Å². The standard InChI is InChI=1S/C33H31F6N5O3S/c1-21-20-42(14-15-43(21)30(46)23-17-24(32(34,35)36)19-25(18-23)33(37,38)39)28(45)9-6-16-48-31-41-40-29(22-7-4-3-5-8-22)44(31)26-10-12-27(47-2)13-11-26/h3-5,7-8,10-13,17-19,21H,6,9,14-16,20H2,1-2H3. The van der Waals surface area contributed by atoms with Crippen molar-refractivity contribution in [3.63, 3.8) is 0 Å². The number of piperazine rings is 1. The SMILES string of the molecule is COc1ccc(-n2c(SCCCC(=O)N3CCN(C(=O)c4cc(C(F)(F)F)cc(C(F)(F)F)c4)C(C)C3)nnc2-c2ccccc2)cc1. The lowest BCUT2D eigenvalue weighted by Crippen LogP contribution is -2.55. The number of nitrogens with zero attached hydrogens (tertiary/aromatic N) is 5. The molecule has 2 amide bonds. The van der Waals surface area contributed by atoms with Crippen molar-refractivity contribution in [1.29, 1.82) is 0 Å². The maximum atomic E-state index is 13.3. The van der Waals surface area contributed by atoms with Crippen molar-refractivity contribution in [2.75, 3.05) is 32.5 Å². The molecule has 1 fully saturated rings. The molecule has 1 aliphatic heterocycles. The lowest BCUT2D eigenvalue weighted by atomic mass is 10.0. The van der Waals surface area contributed by atoms with Gasteiger partial charge in [-0.3, -0.25) is 14.2 Å². The van der Waals surface area contributed by atoms with Gasteiger partial charge in [-0.05, 0) is 55.8 Å². The Morgan fingerprint density at radius 2 is 1.54 bits per heavy atom. The molecular weight excluding hydrogens is 660 g/mol. The molecule has 8 nitrogen and oxygen atoms in total. The van der Waals surface area contributed by atoms with Gasteiger partial charge in [0.05, 0.1) is 18.2 Å². The first kappa shape index (κ1) is 34.8. The molecule has 3 aromatic carbocycles. The van der Waals surface area contributed by atoms with Crippen molar-refractivity contribution in [1.82, 2.24) is 24.6 Å². The zero-order valence-corrected chi connectivity index (χ0v) is 26.7. The van der Waals surface area contributed by atoms with Crippen LogP contribution >= 0.6 is 11.8 Å². The molecule has 48 heavy (non-hydrogen) atoms. The summed E-state index contributed by atoms with van der Waals surface area (Å²) in [7, 11) is 1.59. The Labute approximate surface area is 276 Å². The largest absolute Gasteiger partial charge is 0.497 e. The number of carbonyl (C=O) groups excluding carboxylic acids is 2. The van der Waals surface area contributed by atoms with Crippen LogP contribution in [0.25, 0.3) is 17.1 Å². The first-order valence-electron chi connectivity index (χ1n) is 14.9. The van der Waals surface area contributed by atoms with Crippen LogP contribution < -0.4 is 4.74 Å². The summed E-state index contributed by atoms with van der Waals surface area (Å²) in [4.78, 5) is 28.9. The second-order valence-electron chi connectivity index (χ2n) is 11.1. The van der Waals surface area contributed by atoms with Crippen molar-refractivity contribution in [3.05, 3.63) is 89.5 Å². The van der Waals surface area contributed by atoms with Crippen molar-refractivity contribution < 1.29 is 40.7 Å². The summed E-state index contributed by atoms with van der Waals surface area (Å²) in [5, 5.41) is 9.46. The molecule has 0 saturated carbocycles. The number of halogens is 6. The summed E-state index contributed by atoms with van der Waals surface area (Å²) >= 11 is 1.44. The van der Waals surface area contributed by atoms with Gasteiger partial charge in [-0.15, -0.1) is 10.2 Å². The molecule has 2 heterocycles. The van der Waals surface area contributed by atoms with Crippen molar-refractivity contribution >= 4 is 23.6 Å². The molecule has 1 saturated heterocycles. The quantitative estimate of drug-likeness (QED) is 0.105. The minimum Gasteiger partial charge on any atom is -0.497 e. The molecule has 1 unspecified atom stereocenters. The Morgan fingerprint density at radius 3 is 2.12 bits per heavy atom. The van der Waals surface area contributed by atoms with Crippen molar-refractivity contribution in [3.8, 4) is 22.8 Å². The number of rotatable bonds is 9. The molecule has 1 aromatic heterocycles. The number of hydrogen-bond donors (Lipinski definition) is 0. The lowest BCUT2D eigenvalue weighted by Gasteiger charge is -2.40. The van der Waals surface area contributed by atoms with Crippen LogP contribution in [0.4, 0.5) is 26.3 Å². The molecule has 0 spiro atoms. The smallest absolute Gasteiger partial charge is 0.416 e. The Kier molecular flexibility index (Phi) is 10.4. The van der Waals surface area contributed by atoms with E-state index < -0.39 is 41.0 Å². The van der Waals surface area contributed by atoms with Gasteiger partial charge in [0.1, 0.15) is 5.75 Å². The van der Waals surface area contributed by atoms with Gasteiger partial charge in [0.2, 0.25) is 5.91 Å². The van der Waals surface area contributed by atoms with E-state index in [9.17, 15) is 35.9 Å². The zero-order chi connectivity index (χ0) is 34.6. The van der Waals surface area contributed by atoms with Crippen molar-refractivity contribution in [2.24, 2.45) is 0 Å². The van der Waals surface area contributed by atoms with Crippen LogP contribution in [0.1, 0.15) is 41.3 Å². The van der Waals surface area contributed by atoms with Crippen LogP contribution in [-0.4, -0.2) is 74.9 Å². The van der Waals surface area contributed by atoms with Crippen LogP contribution in [-0.2, 0) is 17.1 Å². The number of carbonyl (C=O) groups is 2. The van der Waals surface area contributed by atoms with E-state index in [2.05, 4.69) is 10.2 Å². The number of methoxy groups -OCH3 is 1. The van der Waals surface area contributed by atoms with Crippen LogP contribution in [0.5, 0.6) is 5.75 Å². The third kappa shape index (κ3) is 7.94. The van der Waals surface area contributed by atoms with Crippen LogP contribution in [0.15, 0.2) is 78.0 Å². The molecule has 1 atom stereocenters. The summed E-state index contributed by atoms with van der Waals surface area (Å²) in [6, 6.07) is 17.3. The third-order valence-corrected chi connectivity index (χ3v) is 8.85. The number of benzene rings is 3. The number of thioether (sulfide) groups is 1. The average Bonchev–Trinajstić information content (AvgIpc) is 3.49. The lowest BCUT2D eigenvalue weighted by molar-refractivity contribution is -0.143. The molecule has 0 radical (unpaired) electrons. The van der Waals surface area contributed by atoms with E-state index in [1.54, 1.807) is 18.9 Å². The predicted molar refractivity (Wildman–Crippen MR) is 167 cm³/mol. The summed E-state index contributed by atoms with van der Waals surface area (Å²) < 4.78 is 87.2. The highest BCUT2D eigenvalue weighted by Gasteiger charge is 2.39. The fraction of sp³-hybridized carbons (Fsp3) is 0.333. The van der Waals surface area contributed by atoms with E-state index in [0.717, 1.165) is 11.3 Å². The number of amides is 2. The monoisotopic (exact) mass is 691 g/mol. The Hall–Kier alpha value is -4.53. The van der Waals surface area contributed by atoms with E-state index in [1.165, 1.54) is 16.7 Å². The molecule has 1 aliphatic rings. The minimum absolute atomic E-state index is 0.0136. The first-order chi connectivity index (χ1) is 22.8. The number of hydrogen-bond acceptors (Lipinski definition) is 6. The molecule has 0 N–H and O–H groups in total. The maximum Gasteiger partial charge on any atom is 0.416 e. The predicted octanol–water partition coefficient (Wildman–Crippen LogP) is 7.23. The highest BCUT2D eigenvalue weighted by atomic mass is 32.2. The second kappa shape index (κ2) is 14.3. The van der Waals surface area contributed by atoms with Gasteiger partial charge in [-0.1, -0.05) is 42.1 Å². The van der Waals surface area contributed by atoms with Crippen LogP contribution in [0, 0.1) is 0 Å². The Morgan fingerprint density at radius 1 is 0.896 bits per heavy atom. The van der Waals surface area contributed by atoms with E-state index in [4.69, 9.17) is 4.74 Å². The van der Waals surface area contributed by atoms with Gasteiger partial charge in [0, 0.05) is 54.7 Å². The normalized spacial score (nSPS) is 15.5. The van der Waals surface area contributed by atoms with Gasteiger partial charge in [0.25, 0.3) is 5.91 Å². The van der Waals surface area contributed by atoms with Gasteiger partial charge in [-0.2, -0.15) is 26.3 Å². The molecule has 5 rings (SSSR count). The van der Waals surface area contributed by atoms with Crippen LogP contribution in [0.2, 0.25) is 0 Å². The number of alkyl halides is 6. The van der Waals surface area contributed by atoms with Gasteiger partial charge in [0.15, 0.2) is 11.0 Å². The van der Waals surface area contributed by atoms with E-state index >= 15 is 0 Å². The summed E-state index contributed by atoms with van der Waals surface area (Å²) in [6.45, 7) is 1.75. The van der Waals surface area contributed by atoms with Gasteiger partial charge >= 0.3 is 12.4 Å². The molecule has 254 valence electrons. The highest BCUT2D eigenvalue weighted by Crippen LogP contribution is 2.37. The summed E-state index contributed by atoms with van der Waals surface area (Å²) in [6.07, 6.45) is -9.45. The first-order valence-corrected chi connectivity index (χ1v) is 15.9. The van der Waals surface area contributed by atoms with E-state index in [1.807, 2.05) is 59.2 Å². The van der Waals surface area contributed by atoms with E-state index in [0.29, 0.717) is 41.0 Å². The fourth-order valence-electron chi connectivity index (χ4n) is 5.38. The van der Waals surface area contributed by atoms with E-state index in [-0.39, 0.29) is 38.0 Å². The molecular formula is C33H31F6N5O3S. The number of aromatic nitrogens is 3. The number of ether oxygens (including phenoxy) is 1. The Bertz CT molecular complexity index is 1710. The summed E-state index contributed by atoms with van der Waals surface area (Å²) in [5.41, 5.74) is -2.11. The van der Waals surface area contributed by atoms with Crippen LogP contribution in [0.3, 0.4) is 0 Å². The Balaban J connectivity index is 1.20. The maximum absolute atomic E-state index is 13.3. The fourth-order valence-corrected chi connectivity index (χ4v) is 6.27. The molecule has 0 aliphatic carbocycles. The molecule has 15 heteroatoms. The molecule has 0 bridgehead atoms. The topological polar surface area (TPSA) is 80.6 Å². The van der Waals surface area contributed by atoms with Gasteiger partial charge < -0.3 is 14.5 Å². The third-order valence-electron chi connectivity index (χ3n) is 7.84. The summed E-state index contributed by atoms with van der Waals surface area (Å²) in [5.74, 6) is 0.764. The molecule has 4 aromatic rings. The highest BCUT2D eigenvalue weighted by molar-refractivity contribution is 7.99. The van der Waals surface area contributed by atoms with Crippen molar-refractivity contribution in [2.45, 2.75) is 43.3 Å². The zero-order valence-electron chi connectivity index (χ0n) is 25.9. The minimum atomic E-state index is -5.07.